The summed E-state index contributed by atoms with van der Waals surface area (Å²) in [6.45, 7) is -2.70. The first-order chi connectivity index (χ1) is 12.1. The molecule has 1 aromatic rings. The van der Waals surface area contributed by atoms with Gasteiger partial charge in [-0.3, -0.25) is 0 Å². The van der Waals surface area contributed by atoms with Gasteiger partial charge in [0, 0.05) is 18.3 Å². The topological polar surface area (TPSA) is 79.3 Å². The number of hydrogen-bond donors (Lipinski definition) is 3. The highest BCUT2D eigenvalue weighted by molar-refractivity contribution is 5.41. The van der Waals surface area contributed by atoms with Crippen molar-refractivity contribution in [3.05, 3.63) is 12.3 Å². The van der Waals surface area contributed by atoms with Crippen LogP contribution in [-0.4, -0.2) is 46.0 Å². The zero-order chi connectivity index (χ0) is 17.6. The van der Waals surface area contributed by atoms with E-state index in [4.69, 9.17) is 0 Å². The van der Waals surface area contributed by atoms with E-state index in [1.165, 1.54) is 0 Å². The third-order valence-corrected chi connectivity index (χ3v) is 4.96. The lowest BCUT2D eigenvalue weighted by molar-refractivity contribution is -0.169. The molecule has 0 unspecified atom stereocenters. The van der Waals surface area contributed by atoms with Crippen LogP contribution in [0.1, 0.15) is 51.4 Å². The summed E-state index contributed by atoms with van der Waals surface area (Å²) >= 11 is 0. The highest BCUT2D eigenvalue weighted by Crippen LogP contribution is 2.25. The highest BCUT2D eigenvalue weighted by Gasteiger charge is 2.25. The molecule has 1 heterocycles. The zero-order valence-corrected chi connectivity index (χ0v) is 14.2. The molecular formula is C17H26F2N4O2. The minimum Gasteiger partial charge on any atom is -0.393 e. The molecule has 2 saturated carbocycles. The summed E-state index contributed by atoms with van der Waals surface area (Å²) in [5, 5.41) is 16.4. The van der Waals surface area contributed by atoms with Gasteiger partial charge in [0.25, 0.3) is 0 Å². The predicted molar refractivity (Wildman–Crippen MR) is 90.7 cm³/mol. The van der Waals surface area contributed by atoms with Crippen LogP contribution in [0.5, 0.6) is 0 Å². The molecule has 0 radical (unpaired) electrons. The van der Waals surface area contributed by atoms with Gasteiger partial charge in [-0.2, -0.15) is 13.8 Å². The number of alkyl halides is 2. The van der Waals surface area contributed by atoms with Gasteiger partial charge in [-0.05, 0) is 57.4 Å². The normalized spacial score (nSPS) is 30.2. The Bertz CT molecular complexity index is 541. The Morgan fingerprint density at radius 2 is 1.88 bits per heavy atom. The zero-order valence-electron chi connectivity index (χ0n) is 14.2. The molecule has 2 fully saturated rings. The Hall–Kier alpha value is -1.54. The standard InChI is InChI=1S/C17H26F2N4O2/c18-16(19)25-14-6-4-11(5-7-14)22-17-20-9-8-15(23-17)21-12-2-1-3-13(24)10-12/h8-9,11-14,16,24H,1-7,10H2,(H2,20,21,22,23)/t11?,12-,13-,14?/m1/s1. The molecule has 0 aromatic carbocycles. The Morgan fingerprint density at radius 3 is 2.60 bits per heavy atom. The maximum Gasteiger partial charge on any atom is 0.345 e. The number of aromatic nitrogens is 2. The molecule has 2 aliphatic rings. The van der Waals surface area contributed by atoms with Gasteiger partial charge in [-0.1, -0.05) is 0 Å². The van der Waals surface area contributed by atoms with E-state index in [2.05, 4.69) is 25.3 Å². The van der Waals surface area contributed by atoms with Crippen molar-refractivity contribution in [3.63, 3.8) is 0 Å². The Balaban J connectivity index is 1.49. The van der Waals surface area contributed by atoms with E-state index < -0.39 is 6.61 Å². The predicted octanol–water partition coefficient (Wildman–Crippen LogP) is 3.15. The number of nitrogens with one attached hydrogen (secondary N) is 2. The van der Waals surface area contributed by atoms with Gasteiger partial charge in [0.1, 0.15) is 5.82 Å². The molecule has 0 bridgehead atoms. The summed E-state index contributed by atoms with van der Waals surface area (Å²) in [6.07, 6.45) is 7.48. The van der Waals surface area contributed by atoms with Gasteiger partial charge in [0.15, 0.2) is 0 Å². The van der Waals surface area contributed by atoms with Gasteiger partial charge in [0.05, 0.1) is 12.2 Å². The quantitative estimate of drug-likeness (QED) is 0.727. The SMILES string of the molecule is O[C@@H]1CCC[C@@H](Nc2ccnc(NC3CCC(OC(F)F)CC3)n2)C1. The van der Waals surface area contributed by atoms with Crippen LogP contribution >= 0.6 is 0 Å². The third-order valence-electron chi connectivity index (χ3n) is 4.96. The van der Waals surface area contributed by atoms with E-state index in [0.29, 0.717) is 18.8 Å². The summed E-state index contributed by atoms with van der Waals surface area (Å²) in [6, 6.07) is 2.22. The third kappa shape index (κ3) is 5.74. The van der Waals surface area contributed by atoms with Crippen molar-refractivity contribution in [1.82, 2.24) is 9.97 Å². The van der Waals surface area contributed by atoms with Crippen molar-refractivity contribution in [3.8, 4) is 0 Å². The van der Waals surface area contributed by atoms with Gasteiger partial charge in [0.2, 0.25) is 5.95 Å². The van der Waals surface area contributed by atoms with Crippen LogP contribution in [0.3, 0.4) is 0 Å². The van der Waals surface area contributed by atoms with E-state index in [1.54, 1.807) is 6.20 Å². The van der Waals surface area contributed by atoms with Crippen molar-refractivity contribution in [2.45, 2.75) is 82.3 Å². The molecule has 8 heteroatoms. The second kappa shape index (κ2) is 8.71. The second-order valence-electron chi connectivity index (χ2n) is 6.94. The average molecular weight is 356 g/mol. The molecule has 3 N–H and O–H groups in total. The minimum absolute atomic E-state index is 0.171. The number of aliphatic hydroxyl groups is 1. The summed E-state index contributed by atoms with van der Waals surface area (Å²) in [5.74, 6) is 1.28. The number of anilines is 2. The van der Waals surface area contributed by atoms with Crippen LogP contribution in [0.15, 0.2) is 12.3 Å². The molecule has 6 nitrogen and oxygen atoms in total. The summed E-state index contributed by atoms with van der Waals surface area (Å²) < 4.78 is 29.1. The fourth-order valence-corrected chi connectivity index (χ4v) is 3.68. The Kier molecular flexibility index (Phi) is 6.36. The summed E-state index contributed by atoms with van der Waals surface area (Å²) in [7, 11) is 0. The van der Waals surface area contributed by atoms with Crippen molar-refractivity contribution in [2.75, 3.05) is 10.6 Å². The molecule has 140 valence electrons. The number of ether oxygens (including phenoxy) is 1. The van der Waals surface area contributed by atoms with E-state index in [1.807, 2.05) is 6.07 Å². The largest absolute Gasteiger partial charge is 0.393 e. The Morgan fingerprint density at radius 1 is 1.08 bits per heavy atom. The first-order valence-electron chi connectivity index (χ1n) is 9.06. The van der Waals surface area contributed by atoms with Crippen LogP contribution in [0.25, 0.3) is 0 Å². The van der Waals surface area contributed by atoms with Gasteiger partial charge in [-0.25, -0.2) is 4.98 Å². The molecule has 3 rings (SSSR count). The molecular weight excluding hydrogens is 330 g/mol. The molecule has 2 aliphatic carbocycles. The molecule has 2 atom stereocenters. The Labute approximate surface area is 146 Å². The maximum atomic E-state index is 12.2. The molecule has 0 amide bonds. The lowest BCUT2D eigenvalue weighted by Crippen LogP contribution is -2.32. The molecule has 0 spiro atoms. The number of rotatable bonds is 6. The smallest absolute Gasteiger partial charge is 0.345 e. The maximum absolute atomic E-state index is 12.2. The lowest BCUT2D eigenvalue weighted by Gasteiger charge is -2.29. The molecule has 0 saturated heterocycles. The van der Waals surface area contributed by atoms with Crippen LogP contribution in [0.2, 0.25) is 0 Å². The average Bonchev–Trinajstić information content (AvgIpc) is 2.57. The van der Waals surface area contributed by atoms with Crippen LogP contribution in [0, 0.1) is 0 Å². The number of nitrogens with zero attached hydrogens (tertiary/aromatic N) is 2. The first kappa shape index (κ1) is 18.3. The van der Waals surface area contributed by atoms with Crippen LogP contribution in [0.4, 0.5) is 20.5 Å². The number of aliphatic hydroxyl groups excluding tert-OH is 1. The van der Waals surface area contributed by atoms with Crippen molar-refractivity contribution < 1.29 is 18.6 Å². The van der Waals surface area contributed by atoms with Crippen molar-refractivity contribution in [2.24, 2.45) is 0 Å². The minimum atomic E-state index is -2.70. The van der Waals surface area contributed by atoms with E-state index in [-0.39, 0.29) is 24.3 Å². The molecule has 1 aromatic heterocycles. The molecule has 0 aliphatic heterocycles. The fraction of sp³-hybridized carbons (Fsp3) is 0.765. The van der Waals surface area contributed by atoms with E-state index in [9.17, 15) is 13.9 Å². The van der Waals surface area contributed by atoms with Crippen LogP contribution in [-0.2, 0) is 4.74 Å². The van der Waals surface area contributed by atoms with Gasteiger partial charge in [-0.15, -0.1) is 0 Å². The van der Waals surface area contributed by atoms with Crippen molar-refractivity contribution >= 4 is 11.8 Å². The van der Waals surface area contributed by atoms with Crippen LogP contribution < -0.4 is 10.6 Å². The van der Waals surface area contributed by atoms with Gasteiger partial charge < -0.3 is 20.5 Å². The second-order valence-corrected chi connectivity index (χ2v) is 6.94. The first-order valence-corrected chi connectivity index (χ1v) is 9.06. The summed E-state index contributed by atoms with van der Waals surface area (Å²) in [4.78, 5) is 8.73. The lowest BCUT2D eigenvalue weighted by atomic mass is 9.93. The number of hydrogen-bond acceptors (Lipinski definition) is 6. The van der Waals surface area contributed by atoms with E-state index in [0.717, 1.165) is 44.3 Å². The highest BCUT2D eigenvalue weighted by atomic mass is 19.3. The monoisotopic (exact) mass is 356 g/mol. The summed E-state index contributed by atoms with van der Waals surface area (Å²) in [5.41, 5.74) is 0. The van der Waals surface area contributed by atoms with Crippen molar-refractivity contribution in [1.29, 1.82) is 0 Å². The molecule has 25 heavy (non-hydrogen) atoms. The fourth-order valence-electron chi connectivity index (χ4n) is 3.68. The van der Waals surface area contributed by atoms with E-state index >= 15 is 0 Å². The van der Waals surface area contributed by atoms with Gasteiger partial charge >= 0.3 is 6.61 Å². The number of halogens is 2.